The number of aromatic nitrogens is 1. The van der Waals surface area contributed by atoms with Gasteiger partial charge in [-0.2, -0.15) is 0 Å². The molecule has 0 aliphatic rings. The summed E-state index contributed by atoms with van der Waals surface area (Å²) in [6.07, 6.45) is 0. The number of hydrogen-bond acceptors (Lipinski definition) is 6. The van der Waals surface area contributed by atoms with Crippen molar-refractivity contribution in [2.45, 2.75) is 13.5 Å². The summed E-state index contributed by atoms with van der Waals surface area (Å²) in [6, 6.07) is 11.6. The summed E-state index contributed by atoms with van der Waals surface area (Å²) in [5, 5.41) is 6.92. The number of hydrogen-bond donors (Lipinski definition) is 1. The normalized spacial score (nSPS) is 11.0. The molecule has 27 heavy (non-hydrogen) atoms. The predicted molar refractivity (Wildman–Crippen MR) is 110 cm³/mol. The molecule has 138 valence electrons. The highest BCUT2D eigenvalue weighted by atomic mass is 32.1. The zero-order chi connectivity index (χ0) is 18.8. The minimum atomic E-state index is -0.165. The molecule has 1 amide bonds. The van der Waals surface area contributed by atoms with Gasteiger partial charge in [-0.15, -0.1) is 22.7 Å². The Morgan fingerprint density at radius 3 is 3.00 bits per heavy atom. The predicted octanol–water partition coefficient (Wildman–Crippen LogP) is 4.52. The number of carbonyl (C=O) groups excluding carboxylic acids is 1. The summed E-state index contributed by atoms with van der Waals surface area (Å²) in [5.74, 6) is 1.33. The van der Waals surface area contributed by atoms with E-state index in [1.807, 2.05) is 48.7 Å². The highest BCUT2D eigenvalue weighted by Gasteiger charge is 2.13. The van der Waals surface area contributed by atoms with E-state index in [0.717, 1.165) is 42.4 Å². The molecule has 4 rings (SSSR count). The van der Waals surface area contributed by atoms with Crippen LogP contribution >= 0.6 is 22.7 Å². The minimum absolute atomic E-state index is 0.0296. The Kier molecular flexibility index (Phi) is 4.96. The zero-order valence-corrected chi connectivity index (χ0v) is 16.6. The largest absolute Gasteiger partial charge is 0.497 e. The highest BCUT2D eigenvalue weighted by molar-refractivity contribution is 7.21. The van der Waals surface area contributed by atoms with Crippen molar-refractivity contribution < 1.29 is 14.3 Å². The van der Waals surface area contributed by atoms with Crippen molar-refractivity contribution in [1.82, 2.24) is 10.3 Å². The second-order valence-electron chi connectivity index (χ2n) is 6.03. The number of methoxy groups -OCH3 is 1. The van der Waals surface area contributed by atoms with Crippen LogP contribution in [0.1, 0.15) is 10.6 Å². The summed E-state index contributed by atoms with van der Waals surface area (Å²) in [7, 11) is 1.62. The lowest BCUT2D eigenvalue weighted by Gasteiger charge is -2.09. The third-order valence-electron chi connectivity index (χ3n) is 4.15. The molecule has 2 heterocycles. The molecule has 2 aromatic heterocycles. The Bertz CT molecular complexity index is 1120. The van der Waals surface area contributed by atoms with Gasteiger partial charge in [0.05, 0.1) is 27.0 Å². The lowest BCUT2D eigenvalue weighted by Crippen LogP contribution is -2.28. The van der Waals surface area contributed by atoms with Gasteiger partial charge in [0.2, 0.25) is 0 Å². The number of thiophene rings is 1. The van der Waals surface area contributed by atoms with Gasteiger partial charge >= 0.3 is 0 Å². The fourth-order valence-corrected chi connectivity index (χ4v) is 4.72. The van der Waals surface area contributed by atoms with E-state index in [2.05, 4.69) is 10.3 Å². The molecule has 2 aromatic carbocycles. The molecule has 0 spiro atoms. The first-order valence-electron chi connectivity index (χ1n) is 8.44. The average molecular weight is 399 g/mol. The van der Waals surface area contributed by atoms with Crippen LogP contribution in [0.15, 0.2) is 41.8 Å². The van der Waals surface area contributed by atoms with E-state index in [1.165, 1.54) is 0 Å². The number of nitrogens with one attached hydrogen (secondary N) is 1. The fraction of sp³-hybridized carbons (Fsp3) is 0.200. The molecule has 0 unspecified atom stereocenters. The van der Waals surface area contributed by atoms with Crippen LogP contribution in [0.4, 0.5) is 0 Å². The maximum absolute atomic E-state index is 12.2. The Morgan fingerprint density at radius 2 is 2.15 bits per heavy atom. The quantitative estimate of drug-likeness (QED) is 0.519. The van der Waals surface area contributed by atoms with E-state index in [-0.39, 0.29) is 12.5 Å². The molecule has 1 N–H and O–H groups in total. The molecule has 0 saturated heterocycles. The first-order valence-corrected chi connectivity index (χ1v) is 10.1. The van der Waals surface area contributed by atoms with Crippen molar-refractivity contribution >= 4 is 48.9 Å². The third kappa shape index (κ3) is 3.74. The molecule has 0 saturated carbocycles. The van der Waals surface area contributed by atoms with Gasteiger partial charge in [-0.3, -0.25) is 4.79 Å². The van der Waals surface area contributed by atoms with Gasteiger partial charge in [-0.25, -0.2) is 4.98 Å². The Hall–Kier alpha value is -2.64. The molecule has 0 fully saturated rings. The van der Waals surface area contributed by atoms with Crippen LogP contribution in [-0.2, 0) is 11.3 Å². The van der Waals surface area contributed by atoms with E-state index in [1.54, 1.807) is 29.8 Å². The number of carbonyl (C=O) groups is 1. The number of nitrogens with zero attached hydrogens (tertiary/aromatic N) is 1. The number of benzene rings is 2. The van der Waals surface area contributed by atoms with Gasteiger partial charge in [0.1, 0.15) is 11.5 Å². The summed E-state index contributed by atoms with van der Waals surface area (Å²) in [6.45, 7) is 2.40. The number of ether oxygens (including phenoxy) is 2. The minimum Gasteiger partial charge on any atom is -0.497 e. The van der Waals surface area contributed by atoms with Crippen LogP contribution in [0, 0.1) is 6.92 Å². The Labute approximate surface area is 164 Å². The van der Waals surface area contributed by atoms with Crippen molar-refractivity contribution in [2.75, 3.05) is 13.7 Å². The van der Waals surface area contributed by atoms with Crippen molar-refractivity contribution in [3.05, 3.63) is 52.3 Å². The first-order chi connectivity index (χ1) is 13.1. The van der Waals surface area contributed by atoms with Gasteiger partial charge in [-0.1, -0.05) is 12.1 Å². The maximum Gasteiger partial charge on any atom is 0.258 e. The van der Waals surface area contributed by atoms with Crippen LogP contribution in [0.3, 0.4) is 0 Å². The second kappa shape index (κ2) is 7.54. The molecular formula is C20H18N2O3S2. The Morgan fingerprint density at radius 1 is 1.26 bits per heavy atom. The van der Waals surface area contributed by atoms with Crippen LogP contribution in [0.25, 0.3) is 20.3 Å². The van der Waals surface area contributed by atoms with Gasteiger partial charge in [0, 0.05) is 18.0 Å². The van der Waals surface area contributed by atoms with Gasteiger partial charge < -0.3 is 14.8 Å². The van der Waals surface area contributed by atoms with Crippen LogP contribution < -0.4 is 14.8 Å². The highest BCUT2D eigenvalue weighted by Crippen LogP contribution is 2.38. The van der Waals surface area contributed by atoms with Crippen LogP contribution in [0.5, 0.6) is 11.5 Å². The number of amides is 1. The number of aryl methyl sites for hydroxylation is 1. The van der Waals surface area contributed by atoms with Crippen molar-refractivity contribution in [3.63, 3.8) is 0 Å². The van der Waals surface area contributed by atoms with Crippen molar-refractivity contribution in [3.8, 4) is 11.5 Å². The smallest absolute Gasteiger partial charge is 0.258 e. The first kappa shape index (κ1) is 17.8. The summed E-state index contributed by atoms with van der Waals surface area (Å²) >= 11 is 3.27. The standard InChI is InChI=1S/C20H18N2O3S2/c1-12-22-19-17(27-12)9-16(15-6-7-26-20(15)19)25-11-18(23)21-10-13-4-3-5-14(8-13)24-2/h3-9H,10-11H2,1-2H3,(H,21,23). The van der Waals surface area contributed by atoms with E-state index >= 15 is 0 Å². The number of thiazole rings is 1. The molecule has 0 bridgehead atoms. The van der Waals surface area contributed by atoms with Crippen molar-refractivity contribution in [2.24, 2.45) is 0 Å². The lowest BCUT2D eigenvalue weighted by atomic mass is 10.2. The van der Waals surface area contributed by atoms with E-state index in [4.69, 9.17) is 9.47 Å². The molecule has 5 nitrogen and oxygen atoms in total. The lowest BCUT2D eigenvalue weighted by molar-refractivity contribution is -0.123. The monoisotopic (exact) mass is 398 g/mol. The SMILES string of the molecule is COc1cccc(CNC(=O)COc2cc3sc(C)nc3c3sccc23)c1. The van der Waals surface area contributed by atoms with Crippen molar-refractivity contribution in [1.29, 1.82) is 0 Å². The fourth-order valence-electron chi connectivity index (χ4n) is 2.88. The summed E-state index contributed by atoms with van der Waals surface area (Å²) in [5.41, 5.74) is 1.99. The molecule has 7 heteroatoms. The van der Waals surface area contributed by atoms with E-state index in [9.17, 15) is 4.79 Å². The molecule has 0 radical (unpaired) electrons. The Balaban J connectivity index is 1.44. The molecule has 0 aliphatic carbocycles. The molecule has 0 atom stereocenters. The van der Waals surface area contributed by atoms with Gasteiger partial charge in [-0.05, 0) is 36.1 Å². The molecule has 0 aliphatic heterocycles. The van der Waals surface area contributed by atoms with Crippen LogP contribution in [0.2, 0.25) is 0 Å². The van der Waals surface area contributed by atoms with Gasteiger partial charge in [0.15, 0.2) is 6.61 Å². The van der Waals surface area contributed by atoms with Gasteiger partial charge in [0.25, 0.3) is 5.91 Å². The number of fused-ring (bicyclic) bond motifs is 3. The van der Waals surface area contributed by atoms with E-state index in [0.29, 0.717) is 6.54 Å². The maximum atomic E-state index is 12.2. The molecular weight excluding hydrogens is 380 g/mol. The molecule has 4 aromatic rings. The zero-order valence-electron chi connectivity index (χ0n) is 14.9. The summed E-state index contributed by atoms with van der Waals surface area (Å²) < 4.78 is 13.2. The van der Waals surface area contributed by atoms with Crippen LogP contribution in [-0.4, -0.2) is 24.6 Å². The van der Waals surface area contributed by atoms with E-state index < -0.39 is 0 Å². The second-order valence-corrected chi connectivity index (χ2v) is 8.19. The third-order valence-corrected chi connectivity index (χ3v) is 5.99. The summed E-state index contributed by atoms with van der Waals surface area (Å²) in [4.78, 5) is 16.8. The topological polar surface area (TPSA) is 60.5 Å². The number of rotatable bonds is 6. The average Bonchev–Trinajstić information content (AvgIpc) is 3.30.